The van der Waals surface area contributed by atoms with Gasteiger partial charge in [-0.25, -0.2) is 4.98 Å². The second-order valence-corrected chi connectivity index (χ2v) is 6.72. The van der Waals surface area contributed by atoms with Gasteiger partial charge in [0.25, 0.3) is 5.24 Å². The Hall–Kier alpha value is -2.74. The van der Waals surface area contributed by atoms with E-state index in [1.54, 1.807) is 18.0 Å². The summed E-state index contributed by atoms with van der Waals surface area (Å²) in [5, 5.41) is 10.2. The first-order valence-electron chi connectivity index (χ1n) is 9.78. The summed E-state index contributed by atoms with van der Waals surface area (Å²) in [4.78, 5) is 28.9. The van der Waals surface area contributed by atoms with E-state index in [-0.39, 0.29) is 54.3 Å². The topological polar surface area (TPSA) is 91.8 Å². The van der Waals surface area contributed by atoms with Gasteiger partial charge in [0.05, 0.1) is 23.5 Å². The fourth-order valence-corrected chi connectivity index (χ4v) is 3.05. The predicted molar refractivity (Wildman–Crippen MR) is 99.7 cm³/mol. The molecule has 8 heteroatoms. The SMILES string of the molecule is [2H]c1c([2H])c(OCCN(C)c2ccc(O)cn2)c([2H])c([2H])c1CC1SC(=O)NC1=O. The Labute approximate surface area is 161 Å². The fourth-order valence-electron chi connectivity index (χ4n) is 2.22. The first kappa shape index (κ1) is 13.5. The molecular weight excluding hydrogens is 354 g/mol. The van der Waals surface area contributed by atoms with Crippen LogP contribution >= 0.6 is 11.8 Å². The molecule has 1 aromatic carbocycles. The van der Waals surface area contributed by atoms with Gasteiger partial charge >= 0.3 is 0 Å². The van der Waals surface area contributed by atoms with Gasteiger partial charge in [0.15, 0.2) is 0 Å². The highest BCUT2D eigenvalue weighted by molar-refractivity contribution is 8.15. The molecule has 1 aliphatic heterocycles. The monoisotopic (exact) mass is 377 g/mol. The van der Waals surface area contributed by atoms with Crippen LogP contribution in [0.15, 0.2) is 42.5 Å². The molecule has 1 aliphatic rings. The van der Waals surface area contributed by atoms with Crippen molar-refractivity contribution in [3.8, 4) is 11.5 Å². The maximum Gasteiger partial charge on any atom is 0.286 e. The number of nitrogens with one attached hydrogen (secondary N) is 1. The maximum absolute atomic E-state index is 11.8. The summed E-state index contributed by atoms with van der Waals surface area (Å²) in [7, 11) is 1.76. The third kappa shape index (κ3) is 4.66. The van der Waals surface area contributed by atoms with Crippen molar-refractivity contribution in [2.45, 2.75) is 11.7 Å². The third-order valence-corrected chi connectivity index (χ3v) is 4.59. The molecule has 7 nitrogen and oxygen atoms in total. The minimum atomic E-state index is -0.789. The molecule has 3 rings (SSSR count). The van der Waals surface area contributed by atoms with Gasteiger partial charge in [0.1, 0.15) is 23.9 Å². The fraction of sp³-hybridized carbons (Fsp3) is 0.278. The van der Waals surface area contributed by atoms with Gasteiger partial charge in [-0.1, -0.05) is 23.8 Å². The summed E-state index contributed by atoms with van der Waals surface area (Å²) in [5.41, 5.74) is 0.0603. The second-order valence-electron chi connectivity index (χ2n) is 5.54. The van der Waals surface area contributed by atoms with E-state index in [1.165, 1.54) is 12.3 Å². The number of aromatic nitrogens is 1. The number of hydrogen-bond donors (Lipinski definition) is 2. The van der Waals surface area contributed by atoms with Gasteiger partial charge in [-0.15, -0.1) is 0 Å². The van der Waals surface area contributed by atoms with Crippen molar-refractivity contribution in [3.05, 3.63) is 48.1 Å². The smallest absolute Gasteiger partial charge is 0.286 e. The van der Waals surface area contributed by atoms with Crippen LogP contribution < -0.4 is 15.0 Å². The lowest BCUT2D eigenvalue weighted by Crippen LogP contribution is -2.25. The molecular formula is C18H19N3O4S. The van der Waals surface area contributed by atoms with Crippen LogP contribution in [-0.2, 0) is 11.2 Å². The molecule has 2 heterocycles. The molecule has 0 bridgehead atoms. The summed E-state index contributed by atoms with van der Waals surface area (Å²) < 4.78 is 38.2. The van der Waals surface area contributed by atoms with Crippen molar-refractivity contribution in [2.75, 3.05) is 25.1 Å². The normalized spacial score (nSPS) is 18.6. The van der Waals surface area contributed by atoms with Gasteiger partial charge in [-0.05, 0) is 36.2 Å². The van der Waals surface area contributed by atoms with E-state index in [4.69, 9.17) is 10.2 Å². The quantitative estimate of drug-likeness (QED) is 0.764. The lowest BCUT2D eigenvalue weighted by atomic mass is 10.1. The maximum atomic E-state index is 11.8. The van der Waals surface area contributed by atoms with Gasteiger partial charge in [-0.2, -0.15) is 0 Å². The number of rotatable bonds is 7. The first-order chi connectivity index (χ1) is 14.2. The molecule has 1 saturated heterocycles. The Morgan fingerprint density at radius 3 is 2.73 bits per heavy atom. The Bertz CT molecular complexity index is 961. The van der Waals surface area contributed by atoms with Crippen LogP contribution in [0.1, 0.15) is 11.0 Å². The Kier molecular flexibility index (Phi) is 4.19. The number of carbonyl (C=O) groups excluding carboxylic acids is 2. The van der Waals surface area contributed by atoms with Crippen molar-refractivity contribution < 1.29 is 24.9 Å². The molecule has 0 spiro atoms. The number of carbonyl (C=O) groups is 2. The number of ether oxygens (including phenoxy) is 1. The molecule has 1 aromatic heterocycles. The van der Waals surface area contributed by atoms with Crippen LogP contribution in [-0.4, -0.2) is 46.7 Å². The summed E-state index contributed by atoms with van der Waals surface area (Å²) >= 11 is 0.771. The highest BCUT2D eigenvalue weighted by Crippen LogP contribution is 2.24. The van der Waals surface area contributed by atoms with Crippen molar-refractivity contribution in [1.82, 2.24) is 10.3 Å². The zero-order valence-electron chi connectivity index (χ0n) is 17.9. The predicted octanol–water partition coefficient (Wildman–Crippen LogP) is 2.20. The first-order valence-corrected chi connectivity index (χ1v) is 8.66. The van der Waals surface area contributed by atoms with Gasteiger partial charge in [-0.3, -0.25) is 14.9 Å². The summed E-state index contributed by atoms with van der Waals surface area (Å²) in [5.74, 6) is -0.0494. The van der Waals surface area contributed by atoms with Gasteiger partial charge in [0, 0.05) is 7.05 Å². The van der Waals surface area contributed by atoms with E-state index in [0.717, 1.165) is 11.8 Å². The van der Waals surface area contributed by atoms with E-state index in [2.05, 4.69) is 10.3 Å². The standard InChI is InChI=1S/C18H19N3O4S/c1-21(16-7-4-13(22)11-19-16)8-9-25-14-5-2-12(3-6-14)10-15-17(23)20-18(24)26-15/h2-7,11,15,22H,8-10H2,1H3,(H,20,23,24)/i2D,3D,5D,6D. The summed E-state index contributed by atoms with van der Waals surface area (Å²) in [6, 6.07) is 1.84. The van der Waals surface area contributed by atoms with E-state index in [1.807, 2.05) is 0 Å². The molecule has 136 valence electrons. The number of hydrogen-bond acceptors (Lipinski definition) is 7. The van der Waals surface area contributed by atoms with Crippen molar-refractivity contribution in [1.29, 1.82) is 0 Å². The van der Waals surface area contributed by atoms with E-state index in [9.17, 15) is 14.7 Å². The average molecular weight is 377 g/mol. The van der Waals surface area contributed by atoms with Crippen molar-refractivity contribution in [2.24, 2.45) is 0 Å². The zero-order valence-corrected chi connectivity index (χ0v) is 14.7. The number of nitrogens with zero attached hydrogens (tertiary/aromatic N) is 2. The summed E-state index contributed by atoms with van der Waals surface area (Å²) in [6.45, 7) is 0.421. The molecule has 1 fully saturated rings. The average Bonchev–Trinajstić information content (AvgIpc) is 3.03. The minimum absolute atomic E-state index is 0.0463. The minimum Gasteiger partial charge on any atom is -0.506 e. The Morgan fingerprint density at radius 2 is 2.12 bits per heavy atom. The molecule has 26 heavy (non-hydrogen) atoms. The van der Waals surface area contributed by atoms with Crippen molar-refractivity contribution in [3.63, 3.8) is 0 Å². The third-order valence-electron chi connectivity index (χ3n) is 3.61. The van der Waals surface area contributed by atoms with Gasteiger partial charge < -0.3 is 14.7 Å². The molecule has 2 aromatic rings. The number of thioether (sulfide) groups is 1. The van der Waals surface area contributed by atoms with Crippen molar-refractivity contribution >= 4 is 28.7 Å². The van der Waals surface area contributed by atoms with Crippen LogP contribution in [0.3, 0.4) is 0 Å². The highest BCUT2D eigenvalue weighted by atomic mass is 32.2. The molecule has 1 atom stereocenters. The lowest BCUT2D eigenvalue weighted by Gasteiger charge is -2.18. The van der Waals surface area contributed by atoms with Gasteiger partial charge in [0.2, 0.25) is 5.91 Å². The number of pyridine rings is 1. The number of anilines is 1. The highest BCUT2D eigenvalue weighted by Gasteiger charge is 2.31. The largest absolute Gasteiger partial charge is 0.506 e. The number of amides is 2. The second kappa shape index (κ2) is 8.09. The lowest BCUT2D eigenvalue weighted by molar-refractivity contribution is -0.118. The van der Waals surface area contributed by atoms with Crippen LogP contribution in [0.2, 0.25) is 0 Å². The van der Waals surface area contributed by atoms with Crippen LogP contribution in [0, 0.1) is 0 Å². The molecule has 2 N–H and O–H groups in total. The Balaban J connectivity index is 1.72. The molecule has 0 aliphatic carbocycles. The van der Waals surface area contributed by atoms with E-state index >= 15 is 0 Å². The molecule has 1 unspecified atom stereocenters. The zero-order chi connectivity index (χ0) is 22.0. The van der Waals surface area contributed by atoms with E-state index in [0.29, 0.717) is 12.4 Å². The Morgan fingerprint density at radius 1 is 1.35 bits per heavy atom. The molecule has 2 amide bonds. The van der Waals surface area contributed by atoms with E-state index < -0.39 is 16.4 Å². The molecule has 0 radical (unpaired) electrons. The molecule has 0 saturated carbocycles. The van der Waals surface area contributed by atoms with Crippen LogP contribution in [0.4, 0.5) is 10.6 Å². The number of aromatic hydroxyl groups is 1. The number of imide groups is 1. The van der Waals surface area contributed by atoms with Crippen LogP contribution in [0.5, 0.6) is 11.5 Å². The number of benzene rings is 1. The van der Waals surface area contributed by atoms with Crippen LogP contribution in [0.25, 0.3) is 0 Å². The number of likely N-dealkylation sites (N-methyl/N-ethyl adjacent to an activating group) is 1. The summed E-state index contributed by atoms with van der Waals surface area (Å²) in [6.07, 6.45) is 1.22.